The van der Waals surface area contributed by atoms with Crippen LogP contribution in [0.15, 0.2) is 46.6 Å². The average molecular weight is 804 g/mol. The van der Waals surface area contributed by atoms with E-state index in [4.69, 9.17) is 0 Å². The molecule has 4 aromatic rings. The molecule has 8 nitrogen and oxygen atoms in total. The maximum atomic E-state index is 15.5. The van der Waals surface area contributed by atoms with Gasteiger partial charge in [0.2, 0.25) is 0 Å². The third-order valence-electron chi connectivity index (χ3n) is 9.03. The van der Waals surface area contributed by atoms with Crippen LogP contribution in [0.1, 0.15) is 23.5 Å². The molecule has 0 fully saturated rings. The molecule has 3 aliphatic heterocycles. The molecule has 284 valence electrons. The van der Waals surface area contributed by atoms with Crippen LogP contribution in [0.4, 0.5) is 70.2 Å². The average Bonchev–Trinajstić information content (AvgIpc) is 3.92. The van der Waals surface area contributed by atoms with Gasteiger partial charge in [-0.25, -0.2) is 100 Å². The first-order valence-corrected chi connectivity index (χ1v) is 14.9. The maximum Gasteiger partial charge on any atom is 0.198 e. The quantitative estimate of drug-likeness (QED) is 0.0944. The van der Waals surface area contributed by atoms with Crippen LogP contribution in [0.5, 0.6) is 0 Å². The van der Waals surface area contributed by atoms with Crippen LogP contribution < -0.4 is 11.0 Å². The van der Waals surface area contributed by atoms with Crippen LogP contribution in [-0.4, -0.2) is 39.9 Å². The van der Waals surface area contributed by atoms with E-state index in [-0.39, 0.29) is 0 Å². The molecule has 5 heterocycles. The van der Waals surface area contributed by atoms with Gasteiger partial charge in [-0.15, -0.1) is 0 Å². The normalized spacial score (nSPS) is 18.7. The molecule has 0 amide bonds. The molecule has 0 saturated carbocycles. The van der Waals surface area contributed by atoms with Gasteiger partial charge in [0.1, 0.15) is 40.3 Å². The second kappa shape index (κ2) is 11.5. The summed E-state index contributed by atoms with van der Waals surface area (Å²) in [6.07, 6.45) is 0. The number of halogens is 16. The molecule has 2 unspecified atom stereocenters. The smallest absolute Gasteiger partial charge is 0.198 e. The van der Waals surface area contributed by atoms with Crippen molar-refractivity contribution in [2.24, 2.45) is 0 Å². The van der Waals surface area contributed by atoms with E-state index in [1.165, 1.54) is 0 Å². The van der Waals surface area contributed by atoms with Crippen LogP contribution in [0.3, 0.4) is 0 Å². The Kier molecular flexibility index (Phi) is 7.18. The molecule has 2 aromatic heterocycles. The third kappa shape index (κ3) is 4.33. The van der Waals surface area contributed by atoms with Gasteiger partial charge >= 0.3 is 0 Å². The van der Waals surface area contributed by atoms with Gasteiger partial charge in [-0.3, -0.25) is 0 Å². The fourth-order valence-electron chi connectivity index (χ4n) is 6.56. The predicted octanol–water partition coefficient (Wildman–Crippen LogP) is 7.72. The minimum Gasteiger partial charge on any atom is -0.327 e. The summed E-state index contributed by atoms with van der Waals surface area (Å²) in [6.45, 7) is 0. The van der Waals surface area contributed by atoms with Crippen molar-refractivity contribution in [3.05, 3.63) is 116 Å². The Morgan fingerprint density at radius 3 is 1.43 bits per heavy atom. The van der Waals surface area contributed by atoms with E-state index in [9.17, 15) is 35.1 Å². The van der Waals surface area contributed by atoms with E-state index in [1.54, 1.807) is 0 Å². The monoisotopic (exact) mass is 804 g/mol. The highest BCUT2D eigenvalue weighted by atomic mass is 19.2. The second-order valence-corrected chi connectivity index (χ2v) is 12.0. The van der Waals surface area contributed by atoms with Crippen molar-refractivity contribution in [1.29, 1.82) is 0 Å². The van der Waals surface area contributed by atoms with Gasteiger partial charge in [0.25, 0.3) is 0 Å². The van der Waals surface area contributed by atoms with E-state index < -0.39 is 184 Å². The Morgan fingerprint density at radius 1 is 0.375 bits per heavy atom. The topological polar surface area (TPSA) is 109 Å². The molecule has 0 spiro atoms. The molecule has 56 heavy (non-hydrogen) atoms. The zero-order chi connectivity index (χ0) is 40.1. The molecular formula is C32H4F16N8. The van der Waals surface area contributed by atoms with Gasteiger partial charge in [0.15, 0.2) is 110 Å². The van der Waals surface area contributed by atoms with Gasteiger partial charge in [-0.05, 0) is 0 Å². The van der Waals surface area contributed by atoms with Crippen LogP contribution in [0.2, 0.25) is 0 Å². The highest BCUT2D eigenvalue weighted by molar-refractivity contribution is 6.05. The van der Waals surface area contributed by atoms with Gasteiger partial charge in [0.05, 0.1) is 33.0 Å². The number of nitrogens with zero attached hydrogens (tertiary/aromatic N) is 6. The van der Waals surface area contributed by atoms with Crippen LogP contribution in [-0.2, 0) is 0 Å². The first-order valence-electron chi connectivity index (χ1n) is 14.9. The summed E-state index contributed by atoms with van der Waals surface area (Å²) in [4.78, 5) is 25.7. The van der Waals surface area contributed by atoms with E-state index in [0.29, 0.717) is 0 Å². The molecular weight excluding hydrogens is 800 g/mol. The number of fused-ring (bicyclic) bond motifs is 18. The Labute approximate surface area is 294 Å². The summed E-state index contributed by atoms with van der Waals surface area (Å²) in [5.74, 6) is -48.7. The van der Waals surface area contributed by atoms with Crippen LogP contribution in [0.25, 0.3) is 56.0 Å². The lowest BCUT2D eigenvalue weighted by atomic mass is 9.92. The van der Waals surface area contributed by atoms with Crippen molar-refractivity contribution in [2.45, 2.75) is 11.8 Å². The Morgan fingerprint density at radius 2 is 0.857 bits per heavy atom. The van der Waals surface area contributed by atoms with Gasteiger partial charge in [-0.1, -0.05) is 0 Å². The Bertz CT molecular complexity index is 3120. The molecule has 0 radical (unpaired) electrons. The molecule has 24 heteroatoms. The third-order valence-corrected chi connectivity index (χ3v) is 9.03. The second-order valence-electron chi connectivity index (χ2n) is 12.0. The van der Waals surface area contributed by atoms with E-state index in [2.05, 4.69) is 29.9 Å². The van der Waals surface area contributed by atoms with E-state index in [1.807, 2.05) is 9.97 Å². The lowest BCUT2D eigenvalue weighted by molar-refractivity contribution is 0.412. The number of hydrogen-bond acceptors (Lipinski definition) is 6. The first kappa shape index (κ1) is 35.1. The highest BCUT2D eigenvalue weighted by Gasteiger charge is 2.45. The van der Waals surface area contributed by atoms with Crippen molar-refractivity contribution in [3.63, 3.8) is 0 Å². The lowest BCUT2D eigenvalue weighted by Gasteiger charge is -2.17. The number of aromatic amines is 2. The first-order chi connectivity index (χ1) is 26.4. The lowest BCUT2D eigenvalue weighted by Crippen LogP contribution is -2.18. The zero-order valence-corrected chi connectivity index (χ0v) is 25.9. The predicted molar refractivity (Wildman–Crippen MR) is 154 cm³/mol. The summed E-state index contributed by atoms with van der Waals surface area (Å²) in [7, 11) is 0. The standard InChI is InChI=1S/C32H4F16N8/c33-9-1-2(10(34)18(42)17(9)41)26-49-25(1)53-27-3-4(12(36)20(44)19(43)11(3)35)29(50-27)55-31-7-8(16(40)24(48)23(47)15(7)39)32(52-31)56-30-6-5(28(51-30)54-26)13(37)21(45)22(46)14(6)38/h1,4H,(H,49,53)(H,50,51,52,54,55,56). The molecule has 9 rings (SSSR count). The number of rotatable bonds is 0. The summed E-state index contributed by atoms with van der Waals surface area (Å²) in [5.41, 5.74) is -10.8. The van der Waals surface area contributed by atoms with Crippen LogP contribution in [0, 0.1) is 46.5 Å². The van der Waals surface area contributed by atoms with Gasteiger partial charge in [0, 0.05) is 0 Å². The molecule has 2 atom stereocenters. The SMILES string of the molecule is FC1=C(F)C2=c3nc(nc4nc(nc5[nH]c(nc6[nH]c(n3)C3C(F)=C(F)C(F)=C(F)C=63)c3c(F)c(F)c(F)c(F)c53)-c3c(F)c(F)c(F)c(F)c3-4)C2C(F)=C1F. The minimum absolute atomic E-state index is 1.19. The summed E-state index contributed by atoms with van der Waals surface area (Å²) < 4.78 is 240. The largest absolute Gasteiger partial charge is 0.327 e. The number of benzene rings is 2. The van der Waals surface area contributed by atoms with Crippen molar-refractivity contribution in [2.75, 3.05) is 0 Å². The fourth-order valence-corrected chi connectivity index (χ4v) is 6.56. The Hall–Kier alpha value is -6.62. The van der Waals surface area contributed by atoms with Crippen molar-refractivity contribution in [1.82, 2.24) is 39.9 Å². The molecule has 2 N–H and O–H groups in total. The van der Waals surface area contributed by atoms with Crippen LogP contribution >= 0.6 is 0 Å². The van der Waals surface area contributed by atoms with E-state index >= 15 is 35.1 Å². The summed E-state index contributed by atoms with van der Waals surface area (Å²) in [6, 6.07) is 0. The van der Waals surface area contributed by atoms with Crippen molar-refractivity contribution in [3.8, 4) is 22.8 Å². The maximum absolute atomic E-state index is 15.5. The van der Waals surface area contributed by atoms with Gasteiger partial charge < -0.3 is 9.97 Å². The minimum atomic E-state index is -2.64. The number of aromatic nitrogens is 8. The fraction of sp³-hybridized carbons (Fsp3) is 0.0625. The number of nitrogens with one attached hydrogen (secondary N) is 2. The van der Waals surface area contributed by atoms with Gasteiger partial charge in [-0.2, -0.15) is 0 Å². The van der Waals surface area contributed by atoms with E-state index in [0.717, 1.165) is 0 Å². The zero-order valence-electron chi connectivity index (χ0n) is 25.9. The Balaban J connectivity index is 1.57. The highest BCUT2D eigenvalue weighted by Crippen LogP contribution is 2.49. The number of hydrogen-bond donors (Lipinski definition) is 2. The number of H-pyrrole nitrogens is 2. The molecule has 2 aromatic carbocycles. The van der Waals surface area contributed by atoms with Crippen molar-refractivity contribution >= 4 is 33.2 Å². The molecule has 0 saturated heterocycles. The number of allylic oxidation sites excluding steroid dienone is 8. The summed E-state index contributed by atoms with van der Waals surface area (Å²) in [5, 5.41) is -2.87. The summed E-state index contributed by atoms with van der Waals surface area (Å²) >= 11 is 0. The molecule has 8 bridgehead atoms. The molecule has 2 aliphatic carbocycles. The van der Waals surface area contributed by atoms with Crippen molar-refractivity contribution < 1.29 is 70.2 Å². The molecule has 5 aliphatic rings.